The second-order valence-corrected chi connectivity index (χ2v) is 4.03. The highest BCUT2D eigenvalue weighted by molar-refractivity contribution is 5.89. The minimum atomic E-state index is -0.988. The third-order valence-corrected chi connectivity index (χ3v) is 2.62. The molecular formula is C13H13N3O2. The summed E-state index contributed by atoms with van der Waals surface area (Å²) in [6.45, 7) is 3.37. The molecular weight excluding hydrogens is 230 g/mol. The van der Waals surface area contributed by atoms with E-state index in [1.54, 1.807) is 26.2 Å². The number of hydrogen-bond donors (Lipinski definition) is 1. The van der Waals surface area contributed by atoms with Crippen LogP contribution in [0, 0.1) is 13.8 Å². The van der Waals surface area contributed by atoms with Gasteiger partial charge in [-0.2, -0.15) is 0 Å². The molecule has 0 radical (unpaired) electrons. The van der Waals surface area contributed by atoms with Crippen LogP contribution in [0.25, 0.3) is 0 Å². The van der Waals surface area contributed by atoms with E-state index < -0.39 is 5.97 Å². The molecule has 2 aromatic rings. The number of hydrogen-bond acceptors (Lipinski definition) is 4. The van der Waals surface area contributed by atoms with Gasteiger partial charge in [0.15, 0.2) is 0 Å². The van der Waals surface area contributed by atoms with Crippen molar-refractivity contribution in [2.75, 3.05) is 0 Å². The van der Waals surface area contributed by atoms with Gasteiger partial charge in [0.1, 0.15) is 11.4 Å². The van der Waals surface area contributed by atoms with Crippen LogP contribution in [0.5, 0.6) is 0 Å². The predicted molar refractivity (Wildman–Crippen MR) is 65.5 cm³/mol. The molecule has 0 amide bonds. The van der Waals surface area contributed by atoms with Crippen molar-refractivity contribution in [2.45, 2.75) is 20.3 Å². The second-order valence-electron chi connectivity index (χ2n) is 4.03. The van der Waals surface area contributed by atoms with Gasteiger partial charge in [-0.1, -0.05) is 6.07 Å². The molecule has 0 atom stereocenters. The fourth-order valence-electron chi connectivity index (χ4n) is 1.86. The molecule has 5 heteroatoms. The van der Waals surface area contributed by atoms with Gasteiger partial charge in [-0.05, 0) is 25.5 Å². The number of carbonyl (C=O) groups is 1. The molecule has 0 saturated carbocycles. The quantitative estimate of drug-likeness (QED) is 0.889. The highest BCUT2D eigenvalue weighted by Crippen LogP contribution is 2.12. The summed E-state index contributed by atoms with van der Waals surface area (Å²) in [6, 6.07) is 3.78. The van der Waals surface area contributed by atoms with Crippen molar-refractivity contribution < 1.29 is 9.90 Å². The standard InChI is InChI=1S/C13H13N3O2/c1-8-12(13(17)18)9(2)16-11(15-8)6-10-4-3-5-14-7-10/h3-5,7H,6H2,1-2H3,(H,17,18). The largest absolute Gasteiger partial charge is 0.478 e. The molecule has 2 heterocycles. The van der Waals surface area contributed by atoms with Crippen LogP contribution in [0.15, 0.2) is 24.5 Å². The summed E-state index contributed by atoms with van der Waals surface area (Å²) < 4.78 is 0. The van der Waals surface area contributed by atoms with Gasteiger partial charge in [-0.15, -0.1) is 0 Å². The van der Waals surface area contributed by atoms with E-state index in [9.17, 15) is 4.79 Å². The van der Waals surface area contributed by atoms with Gasteiger partial charge in [-0.25, -0.2) is 14.8 Å². The average molecular weight is 243 g/mol. The molecule has 92 valence electrons. The van der Waals surface area contributed by atoms with Crippen molar-refractivity contribution in [1.82, 2.24) is 15.0 Å². The number of rotatable bonds is 3. The highest BCUT2D eigenvalue weighted by atomic mass is 16.4. The summed E-state index contributed by atoms with van der Waals surface area (Å²) >= 11 is 0. The third-order valence-electron chi connectivity index (χ3n) is 2.62. The minimum absolute atomic E-state index is 0.185. The molecule has 0 aromatic carbocycles. The van der Waals surface area contributed by atoms with Gasteiger partial charge in [0.25, 0.3) is 0 Å². The Labute approximate surface area is 105 Å². The van der Waals surface area contributed by atoms with Gasteiger partial charge < -0.3 is 5.11 Å². The van der Waals surface area contributed by atoms with Crippen LogP contribution in [0.4, 0.5) is 0 Å². The Kier molecular flexibility index (Phi) is 3.32. The van der Waals surface area contributed by atoms with E-state index in [4.69, 9.17) is 5.11 Å². The maximum absolute atomic E-state index is 11.0. The minimum Gasteiger partial charge on any atom is -0.478 e. The summed E-state index contributed by atoms with van der Waals surface area (Å²) in [5.41, 5.74) is 2.17. The van der Waals surface area contributed by atoms with Crippen LogP contribution >= 0.6 is 0 Å². The molecule has 2 aromatic heterocycles. The number of aryl methyl sites for hydroxylation is 2. The predicted octanol–water partition coefficient (Wildman–Crippen LogP) is 1.78. The molecule has 0 fully saturated rings. The van der Waals surface area contributed by atoms with E-state index in [-0.39, 0.29) is 5.56 Å². The maximum Gasteiger partial charge on any atom is 0.339 e. The fourth-order valence-corrected chi connectivity index (χ4v) is 1.86. The summed E-state index contributed by atoms with van der Waals surface area (Å²) in [7, 11) is 0. The van der Waals surface area contributed by atoms with Crippen LogP contribution in [0.3, 0.4) is 0 Å². The van der Waals surface area contributed by atoms with E-state index >= 15 is 0 Å². The number of pyridine rings is 1. The molecule has 5 nitrogen and oxygen atoms in total. The first-order chi connectivity index (χ1) is 8.58. The van der Waals surface area contributed by atoms with E-state index in [0.717, 1.165) is 5.56 Å². The smallest absolute Gasteiger partial charge is 0.339 e. The molecule has 18 heavy (non-hydrogen) atoms. The maximum atomic E-state index is 11.0. The summed E-state index contributed by atoms with van der Waals surface area (Å²) in [5.74, 6) is -0.374. The second kappa shape index (κ2) is 4.91. The number of nitrogens with zero attached hydrogens (tertiary/aromatic N) is 3. The Morgan fingerprint density at radius 3 is 2.44 bits per heavy atom. The van der Waals surface area contributed by atoms with Crippen molar-refractivity contribution in [1.29, 1.82) is 0 Å². The molecule has 0 spiro atoms. The topological polar surface area (TPSA) is 76.0 Å². The SMILES string of the molecule is Cc1nc(Cc2cccnc2)nc(C)c1C(=O)O. The normalized spacial score (nSPS) is 10.3. The number of aromatic nitrogens is 3. The molecule has 0 saturated heterocycles. The molecule has 0 aliphatic heterocycles. The van der Waals surface area contributed by atoms with Gasteiger partial charge in [0, 0.05) is 18.8 Å². The summed E-state index contributed by atoms with van der Waals surface area (Å²) in [4.78, 5) is 23.5. The molecule has 0 unspecified atom stereocenters. The van der Waals surface area contributed by atoms with Gasteiger partial charge in [-0.3, -0.25) is 4.98 Å². The Morgan fingerprint density at radius 2 is 1.94 bits per heavy atom. The van der Waals surface area contributed by atoms with Crippen LogP contribution in [-0.4, -0.2) is 26.0 Å². The Balaban J connectivity index is 2.34. The fraction of sp³-hybridized carbons (Fsp3) is 0.231. The molecule has 0 bridgehead atoms. The first kappa shape index (κ1) is 12.2. The summed E-state index contributed by atoms with van der Waals surface area (Å²) in [5, 5.41) is 9.04. The molecule has 2 rings (SSSR count). The van der Waals surface area contributed by atoms with Crippen molar-refractivity contribution in [3.8, 4) is 0 Å². The Bertz CT molecular complexity index is 559. The molecule has 0 aliphatic carbocycles. The number of aromatic carboxylic acids is 1. The number of carboxylic acids is 1. The third kappa shape index (κ3) is 2.51. The average Bonchev–Trinajstić information content (AvgIpc) is 2.28. The van der Waals surface area contributed by atoms with E-state index in [2.05, 4.69) is 15.0 Å². The van der Waals surface area contributed by atoms with E-state index in [0.29, 0.717) is 23.6 Å². The first-order valence-electron chi connectivity index (χ1n) is 5.54. The molecule has 1 N–H and O–H groups in total. The lowest BCUT2D eigenvalue weighted by atomic mass is 10.1. The van der Waals surface area contributed by atoms with Crippen LogP contribution in [-0.2, 0) is 6.42 Å². The van der Waals surface area contributed by atoms with Crippen molar-refractivity contribution in [2.24, 2.45) is 0 Å². The summed E-state index contributed by atoms with van der Waals surface area (Å²) in [6.07, 6.45) is 4.00. The molecule has 0 aliphatic rings. The number of carboxylic acid groups (broad SMARTS) is 1. The van der Waals surface area contributed by atoms with Crippen LogP contribution in [0.1, 0.15) is 33.1 Å². The highest BCUT2D eigenvalue weighted by Gasteiger charge is 2.14. The zero-order chi connectivity index (χ0) is 13.1. The van der Waals surface area contributed by atoms with Gasteiger partial charge in [0.2, 0.25) is 0 Å². The van der Waals surface area contributed by atoms with E-state index in [1.807, 2.05) is 12.1 Å². The zero-order valence-corrected chi connectivity index (χ0v) is 10.2. The monoisotopic (exact) mass is 243 g/mol. The van der Waals surface area contributed by atoms with Crippen LogP contribution in [0.2, 0.25) is 0 Å². The van der Waals surface area contributed by atoms with Crippen molar-refractivity contribution in [3.05, 3.63) is 52.9 Å². The van der Waals surface area contributed by atoms with Crippen LogP contribution < -0.4 is 0 Å². The lowest BCUT2D eigenvalue weighted by Crippen LogP contribution is -2.10. The lowest BCUT2D eigenvalue weighted by Gasteiger charge is -2.07. The van der Waals surface area contributed by atoms with E-state index in [1.165, 1.54) is 0 Å². The Hall–Kier alpha value is -2.30. The van der Waals surface area contributed by atoms with Gasteiger partial charge in [0.05, 0.1) is 11.4 Å². The van der Waals surface area contributed by atoms with Gasteiger partial charge >= 0.3 is 5.97 Å². The Morgan fingerprint density at radius 1 is 1.28 bits per heavy atom. The zero-order valence-electron chi connectivity index (χ0n) is 10.2. The lowest BCUT2D eigenvalue weighted by molar-refractivity contribution is 0.0694. The van der Waals surface area contributed by atoms with Crippen molar-refractivity contribution >= 4 is 5.97 Å². The first-order valence-corrected chi connectivity index (χ1v) is 5.54. The van der Waals surface area contributed by atoms with Crippen molar-refractivity contribution in [3.63, 3.8) is 0 Å².